The summed E-state index contributed by atoms with van der Waals surface area (Å²) in [6, 6.07) is 3.49. The van der Waals surface area contributed by atoms with Crippen molar-refractivity contribution in [2.24, 2.45) is 0 Å². The summed E-state index contributed by atoms with van der Waals surface area (Å²) in [5.41, 5.74) is 2.00. The van der Waals surface area contributed by atoms with Crippen LogP contribution in [0.2, 0.25) is 0 Å². The van der Waals surface area contributed by atoms with Crippen LogP contribution >= 0.6 is 0 Å². The molecule has 1 saturated heterocycles. The molecule has 2 aromatic heterocycles. The first-order valence-corrected chi connectivity index (χ1v) is 9.25. The molecule has 26 heavy (non-hydrogen) atoms. The zero-order valence-corrected chi connectivity index (χ0v) is 15.1. The van der Waals surface area contributed by atoms with Crippen molar-refractivity contribution in [1.82, 2.24) is 20.4 Å². The highest BCUT2D eigenvalue weighted by molar-refractivity contribution is 5.96. The van der Waals surface area contributed by atoms with Crippen LogP contribution in [0.25, 0.3) is 0 Å². The summed E-state index contributed by atoms with van der Waals surface area (Å²) in [6.45, 7) is 5.24. The van der Waals surface area contributed by atoms with Crippen molar-refractivity contribution < 1.29 is 14.0 Å². The average Bonchev–Trinajstić information content (AvgIpc) is 3.08. The SMILES string of the molecule is CC(C)c1cc(C(=O)NC2CCN(C(=O)c3ccoc3C3CC3)C2)n[nH]1. The van der Waals surface area contributed by atoms with Gasteiger partial charge in [0.25, 0.3) is 11.8 Å². The maximum atomic E-state index is 12.8. The van der Waals surface area contributed by atoms with Gasteiger partial charge in [-0.15, -0.1) is 0 Å². The molecule has 1 saturated carbocycles. The molecular weight excluding hydrogens is 332 g/mol. The van der Waals surface area contributed by atoms with Crippen molar-refractivity contribution in [1.29, 1.82) is 0 Å². The first-order valence-electron chi connectivity index (χ1n) is 9.25. The van der Waals surface area contributed by atoms with Crippen LogP contribution in [0.4, 0.5) is 0 Å². The van der Waals surface area contributed by atoms with Gasteiger partial charge in [0.1, 0.15) is 11.5 Å². The molecular formula is C19H24N4O3. The fourth-order valence-corrected chi connectivity index (χ4v) is 3.40. The fraction of sp³-hybridized carbons (Fsp3) is 0.526. The molecule has 2 amide bonds. The molecule has 1 aliphatic carbocycles. The molecule has 3 heterocycles. The Morgan fingerprint density at radius 2 is 2.15 bits per heavy atom. The molecule has 0 radical (unpaired) electrons. The largest absolute Gasteiger partial charge is 0.468 e. The van der Waals surface area contributed by atoms with Crippen LogP contribution in [0, 0.1) is 0 Å². The lowest BCUT2D eigenvalue weighted by molar-refractivity contribution is 0.0780. The zero-order chi connectivity index (χ0) is 18.3. The Balaban J connectivity index is 1.36. The van der Waals surface area contributed by atoms with Gasteiger partial charge in [0, 0.05) is 30.7 Å². The summed E-state index contributed by atoms with van der Waals surface area (Å²) in [7, 11) is 0. The Labute approximate surface area is 152 Å². The van der Waals surface area contributed by atoms with E-state index in [-0.39, 0.29) is 17.9 Å². The van der Waals surface area contributed by atoms with Crippen molar-refractivity contribution in [3.8, 4) is 0 Å². The van der Waals surface area contributed by atoms with Crippen molar-refractivity contribution in [3.63, 3.8) is 0 Å². The van der Waals surface area contributed by atoms with E-state index in [2.05, 4.69) is 15.5 Å². The second-order valence-electron chi connectivity index (χ2n) is 7.55. The molecule has 7 heteroatoms. The second-order valence-corrected chi connectivity index (χ2v) is 7.55. The lowest BCUT2D eigenvalue weighted by atomic mass is 10.1. The van der Waals surface area contributed by atoms with Gasteiger partial charge in [-0.3, -0.25) is 14.7 Å². The number of hydrogen-bond donors (Lipinski definition) is 2. The van der Waals surface area contributed by atoms with E-state index in [1.54, 1.807) is 23.3 Å². The number of aromatic nitrogens is 2. The maximum absolute atomic E-state index is 12.8. The number of aromatic amines is 1. The lowest BCUT2D eigenvalue weighted by Crippen LogP contribution is -2.38. The maximum Gasteiger partial charge on any atom is 0.272 e. The predicted octanol–water partition coefficient (Wildman–Crippen LogP) is 2.65. The third-order valence-corrected chi connectivity index (χ3v) is 5.14. The number of carbonyl (C=O) groups is 2. The van der Waals surface area contributed by atoms with Crippen molar-refractivity contribution in [3.05, 3.63) is 41.1 Å². The minimum Gasteiger partial charge on any atom is -0.468 e. The summed E-state index contributed by atoms with van der Waals surface area (Å²) < 4.78 is 5.51. The van der Waals surface area contributed by atoms with Gasteiger partial charge in [-0.2, -0.15) is 5.10 Å². The molecule has 0 bridgehead atoms. The van der Waals surface area contributed by atoms with Crippen molar-refractivity contribution in [2.75, 3.05) is 13.1 Å². The van der Waals surface area contributed by atoms with Gasteiger partial charge < -0.3 is 14.6 Å². The first kappa shape index (κ1) is 16.9. The average molecular weight is 356 g/mol. The number of nitrogens with one attached hydrogen (secondary N) is 2. The fourth-order valence-electron chi connectivity index (χ4n) is 3.40. The van der Waals surface area contributed by atoms with Crippen molar-refractivity contribution in [2.45, 2.75) is 51.0 Å². The number of hydrogen-bond acceptors (Lipinski definition) is 4. The smallest absolute Gasteiger partial charge is 0.272 e. The number of furan rings is 1. The molecule has 0 aromatic carbocycles. The van der Waals surface area contributed by atoms with Crippen LogP contribution in [0.3, 0.4) is 0 Å². The monoisotopic (exact) mass is 356 g/mol. The van der Waals surface area contributed by atoms with E-state index in [1.807, 2.05) is 13.8 Å². The molecule has 0 spiro atoms. The number of amides is 2. The number of H-pyrrole nitrogens is 1. The summed E-state index contributed by atoms with van der Waals surface area (Å²) in [5.74, 6) is 1.31. The van der Waals surface area contributed by atoms with Gasteiger partial charge in [-0.05, 0) is 37.3 Å². The Bertz CT molecular complexity index is 818. The minimum atomic E-state index is -0.200. The predicted molar refractivity (Wildman–Crippen MR) is 95.1 cm³/mol. The lowest BCUT2D eigenvalue weighted by Gasteiger charge is -2.17. The van der Waals surface area contributed by atoms with E-state index in [9.17, 15) is 9.59 Å². The standard InChI is InChI=1S/C19H24N4O3/c1-11(2)15-9-16(22-21-15)18(24)20-13-5-7-23(10-13)19(25)14-6-8-26-17(14)12-3-4-12/h6,8-9,11-13H,3-5,7,10H2,1-2H3,(H,20,24)(H,21,22). The molecule has 2 aromatic rings. The molecule has 138 valence electrons. The number of likely N-dealkylation sites (tertiary alicyclic amines) is 1. The van der Waals surface area contributed by atoms with Crippen molar-refractivity contribution >= 4 is 11.8 Å². The summed E-state index contributed by atoms with van der Waals surface area (Å²) >= 11 is 0. The quantitative estimate of drug-likeness (QED) is 0.861. The highest BCUT2D eigenvalue weighted by Crippen LogP contribution is 2.42. The van der Waals surface area contributed by atoms with Crippen LogP contribution in [0.1, 0.15) is 77.2 Å². The number of carbonyl (C=O) groups excluding carboxylic acids is 2. The third-order valence-electron chi connectivity index (χ3n) is 5.14. The Morgan fingerprint density at radius 3 is 2.85 bits per heavy atom. The Hall–Kier alpha value is -2.57. The molecule has 7 nitrogen and oxygen atoms in total. The van der Waals surface area contributed by atoms with E-state index in [0.29, 0.717) is 36.2 Å². The number of nitrogens with zero attached hydrogens (tertiary/aromatic N) is 2. The van der Waals surface area contributed by atoms with Crippen LogP contribution in [0.5, 0.6) is 0 Å². The zero-order valence-electron chi connectivity index (χ0n) is 15.1. The van der Waals surface area contributed by atoms with Crippen LogP contribution < -0.4 is 5.32 Å². The van der Waals surface area contributed by atoms with Gasteiger partial charge in [0.2, 0.25) is 0 Å². The minimum absolute atomic E-state index is 0.000683. The van der Waals surface area contributed by atoms with Crippen LogP contribution in [-0.4, -0.2) is 46.0 Å². The summed E-state index contributed by atoms with van der Waals surface area (Å²) in [4.78, 5) is 27.0. The molecule has 2 N–H and O–H groups in total. The van der Waals surface area contributed by atoms with E-state index in [0.717, 1.165) is 30.7 Å². The van der Waals surface area contributed by atoms with E-state index < -0.39 is 0 Å². The van der Waals surface area contributed by atoms with Gasteiger partial charge in [-0.25, -0.2) is 0 Å². The molecule has 2 aliphatic rings. The molecule has 1 aliphatic heterocycles. The first-order chi connectivity index (χ1) is 12.5. The topological polar surface area (TPSA) is 91.2 Å². The van der Waals surface area contributed by atoms with Gasteiger partial charge in [-0.1, -0.05) is 13.8 Å². The molecule has 4 rings (SSSR count). The van der Waals surface area contributed by atoms with E-state index in [4.69, 9.17) is 4.42 Å². The Kier molecular flexibility index (Phi) is 4.30. The van der Waals surface area contributed by atoms with Crippen LogP contribution in [0.15, 0.2) is 22.8 Å². The summed E-state index contributed by atoms with van der Waals surface area (Å²) in [6.07, 6.45) is 4.53. The van der Waals surface area contributed by atoms with E-state index in [1.165, 1.54) is 0 Å². The van der Waals surface area contributed by atoms with Gasteiger partial charge in [0.15, 0.2) is 0 Å². The molecule has 1 unspecified atom stereocenters. The summed E-state index contributed by atoms with van der Waals surface area (Å²) in [5, 5.41) is 9.96. The highest BCUT2D eigenvalue weighted by Gasteiger charge is 2.35. The van der Waals surface area contributed by atoms with Gasteiger partial charge >= 0.3 is 0 Å². The van der Waals surface area contributed by atoms with Crippen LogP contribution in [-0.2, 0) is 0 Å². The number of rotatable bonds is 5. The Morgan fingerprint density at radius 1 is 1.35 bits per heavy atom. The van der Waals surface area contributed by atoms with Gasteiger partial charge in [0.05, 0.1) is 11.8 Å². The third kappa shape index (κ3) is 3.25. The second kappa shape index (κ2) is 6.63. The van der Waals surface area contributed by atoms with E-state index >= 15 is 0 Å². The highest BCUT2D eigenvalue weighted by atomic mass is 16.3. The molecule has 1 atom stereocenters. The normalized spacial score (nSPS) is 20.0. The molecule has 2 fully saturated rings.